The molecule has 1 heterocycles. The van der Waals surface area contributed by atoms with E-state index in [1.165, 1.54) is 22.3 Å². The highest BCUT2D eigenvalue weighted by molar-refractivity contribution is 7.10. The third kappa shape index (κ3) is 3.29. The maximum atomic E-state index is 4.69. The number of benzene rings is 2. The molecule has 0 spiro atoms. The van der Waals surface area contributed by atoms with Gasteiger partial charge in [0.25, 0.3) is 0 Å². The number of nitrogens with zero attached hydrogens (tertiary/aromatic N) is 1. The van der Waals surface area contributed by atoms with Gasteiger partial charge in [0.05, 0.1) is 5.69 Å². The molecule has 21 heavy (non-hydrogen) atoms. The summed E-state index contributed by atoms with van der Waals surface area (Å²) >= 11 is 1.68. The Balaban J connectivity index is 1.82. The predicted octanol–water partition coefficient (Wildman–Crippen LogP) is 5.60. The van der Waals surface area contributed by atoms with Crippen LogP contribution in [-0.4, -0.2) is 4.98 Å². The van der Waals surface area contributed by atoms with E-state index in [-0.39, 0.29) is 0 Å². The van der Waals surface area contributed by atoms with Gasteiger partial charge in [-0.3, -0.25) is 0 Å². The van der Waals surface area contributed by atoms with E-state index >= 15 is 0 Å². The van der Waals surface area contributed by atoms with Crippen molar-refractivity contribution in [2.45, 2.75) is 13.8 Å². The minimum absolute atomic E-state index is 1.04. The van der Waals surface area contributed by atoms with Crippen LogP contribution in [0.25, 0.3) is 23.4 Å². The van der Waals surface area contributed by atoms with Crippen LogP contribution in [0.2, 0.25) is 0 Å². The van der Waals surface area contributed by atoms with Crippen molar-refractivity contribution in [3.05, 3.63) is 75.6 Å². The Morgan fingerprint density at radius 2 is 1.67 bits per heavy atom. The van der Waals surface area contributed by atoms with Gasteiger partial charge in [-0.1, -0.05) is 60.2 Å². The highest BCUT2D eigenvalue weighted by atomic mass is 32.1. The lowest BCUT2D eigenvalue weighted by Gasteiger charge is -1.98. The monoisotopic (exact) mass is 291 g/mol. The molecule has 0 N–H and O–H groups in total. The van der Waals surface area contributed by atoms with Gasteiger partial charge in [0.15, 0.2) is 0 Å². The van der Waals surface area contributed by atoms with Gasteiger partial charge in [-0.15, -0.1) is 11.3 Å². The van der Waals surface area contributed by atoms with Gasteiger partial charge in [0, 0.05) is 10.9 Å². The number of thiazole rings is 1. The summed E-state index contributed by atoms with van der Waals surface area (Å²) < 4.78 is 0. The summed E-state index contributed by atoms with van der Waals surface area (Å²) in [5, 5.41) is 3.15. The maximum Gasteiger partial charge on any atom is 0.116 e. The molecule has 0 saturated heterocycles. The van der Waals surface area contributed by atoms with Crippen molar-refractivity contribution in [3.63, 3.8) is 0 Å². The first-order valence-corrected chi connectivity index (χ1v) is 7.86. The van der Waals surface area contributed by atoms with Crippen molar-refractivity contribution in [2.75, 3.05) is 0 Å². The summed E-state index contributed by atoms with van der Waals surface area (Å²) in [6.45, 7) is 4.22. The van der Waals surface area contributed by atoms with Crippen molar-refractivity contribution in [3.8, 4) is 11.3 Å². The van der Waals surface area contributed by atoms with Gasteiger partial charge in [-0.25, -0.2) is 4.98 Å². The molecular formula is C19H17NS. The van der Waals surface area contributed by atoms with Crippen LogP contribution in [0.5, 0.6) is 0 Å². The van der Waals surface area contributed by atoms with Crippen LogP contribution in [0.4, 0.5) is 0 Å². The molecule has 2 aromatic carbocycles. The third-order valence-corrected chi connectivity index (χ3v) is 4.27. The van der Waals surface area contributed by atoms with Crippen LogP contribution in [0.1, 0.15) is 21.7 Å². The van der Waals surface area contributed by atoms with Crippen molar-refractivity contribution in [1.82, 2.24) is 4.98 Å². The lowest BCUT2D eigenvalue weighted by Crippen LogP contribution is -1.80. The maximum absolute atomic E-state index is 4.69. The summed E-state index contributed by atoms with van der Waals surface area (Å²) in [4.78, 5) is 4.69. The van der Waals surface area contributed by atoms with E-state index in [0.717, 1.165) is 10.7 Å². The van der Waals surface area contributed by atoms with Gasteiger partial charge in [-0.05, 0) is 31.1 Å². The van der Waals surface area contributed by atoms with Gasteiger partial charge in [0.2, 0.25) is 0 Å². The zero-order valence-electron chi connectivity index (χ0n) is 12.2. The summed E-state index contributed by atoms with van der Waals surface area (Å²) in [5.74, 6) is 0. The first-order valence-electron chi connectivity index (χ1n) is 6.99. The highest BCUT2D eigenvalue weighted by Gasteiger charge is 2.02. The molecule has 0 amide bonds. The van der Waals surface area contributed by atoms with Gasteiger partial charge in [-0.2, -0.15) is 0 Å². The minimum Gasteiger partial charge on any atom is -0.237 e. The van der Waals surface area contributed by atoms with E-state index in [0.29, 0.717) is 0 Å². The number of aryl methyl sites for hydroxylation is 2. The normalized spacial score (nSPS) is 11.1. The fourth-order valence-electron chi connectivity index (χ4n) is 2.16. The summed E-state index contributed by atoms with van der Waals surface area (Å²) in [6.07, 6.45) is 4.22. The summed E-state index contributed by atoms with van der Waals surface area (Å²) in [6, 6.07) is 16.9. The topological polar surface area (TPSA) is 12.9 Å². The molecule has 0 unspecified atom stereocenters. The first kappa shape index (κ1) is 13.8. The molecular weight excluding hydrogens is 274 g/mol. The van der Waals surface area contributed by atoms with Crippen LogP contribution < -0.4 is 0 Å². The second kappa shape index (κ2) is 6.06. The summed E-state index contributed by atoms with van der Waals surface area (Å²) in [5.41, 5.74) is 6.01. The van der Waals surface area contributed by atoms with Crippen molar-refractivity contribution in [1.29, 1.82) is 0 Å². The molecule has 0 aliphatic carbocycles. The van der Waals surface area contributed by atoms with Crippen molar-refractivity contribution in [2.24, 2.45) is 0 Å². The highest BCUT2D eigenvalue weighted by Crippen LogP contribution is 2.23. The zero-order valence-corrected chi connectivity index (χ0v) is 13.0. The van der Waals surface area contributed by atoms with E-state index in [1.54, 1.807) is 11.3 Å². The van der Waals surface area contributed by atoms with Crippen LogP contribution >= 0.6 is 11.3 Å². The van der Waals surface area contributed by atoms with Crippen LogP contribution in [0.15, 0.2) is 53.9 Å². The second-order valence-electron chi connectivity index (χ2n) is 5.13. The Bertz CT molecular complexity index is 766. The Morgan fingerprint density at radius 3 is 2.43 bits per heavy atom. The SMILES string of the molecule is Cc1ccc(-c2csc(C=Cc3ccccc3C)n2)cc1. The predicted molar refractivity (Wildman–Crippen MR) is 92.4 cm³/mol. The number of aromatic nitrogens is 1. The molecule has 1 aromatic heterocycles. The van der Waals surface area contributed by atoms with Crippen molar-refractivity contribution >= 4 is 23.5 Å². The third-order valence-electron chi connectivity index (χ3n) is 3.46. The first-order chi connectivity index (χ1) is 10.2. The van der Waals surface area contributed by atoms with Crippen LogP contribution in [-0.2, 0) is 0 Å². The Kier molecular flexibility index (Phi) is 3.98. The molecule has 0 fully saturated rings. The number of rotatable bonds is 3. The van der Waals surface area contributed by atoms with Crippen LogP contribution in [0, 0.1) is 13.8 Å². The molecule has 0 radical (unpaired) electrons. The van der Waals surface area contributed by atoms with Gasteiger partial charge in [0.1, 0.15) is 5.01 Å². The molecule has 3 aromatic rings. The Morgan fingerprint density at radius 1 is 0.905 bits per heavy atom. The largest absolute Gasteiger partial charge is 0.237 e. The number of hydrogen-bond donors (Lipinski definition) is 0. The summed E-state index contributed by atoms with van der Waals surface area (Å²) in [7, 11) is 0. The van der Waals surface area contributed by atoms with Gasteiger partial charge >= 0.3 is 0 Å². The second-order valence-corrected chi connectivity index (χ2v) is 6.02. The minimum atomic E-state index is 1.04. The van der Waals surface area contributed by atoms with E-state index in [2.05, 4.69) is 84.9 Å². The quantitative estimate of drug-likeness (QED) is 0.612. The number of hydrogen-bond acceptors (Lipinski definition) is 2. The fourth-order valence-corrected chi connectivity index (χ4v) is 2.87. The molecule has 0 atom stereocenters. The Hall–Kier alpha value is -2.19. The van der Waals surface area contributed by atoms with Crippen molar-refractivity contribution < 1.29 is 0 Å². The standard InChI is InChI=1S/C19H17NS/c1-14-7-9-17(10-8-14)18-13-21-19(20-18)12-11-16-6-4-3-5-15(16)2/h3-13H,1-2H3. The molecule has 2 heteroatoms. The van der Waals surface area contributed by atoms with E-state index in [9.17, 15) is 0 Å². The van der Waals surface area contributed by atoms with E-state index in [4.69, 9.17) is 0 Å². The molecule has 3 rings (SSSR count). The average Bonchev–Trinajstić information content (AvgIpc) is 2.96. The van der Waals surface area contributed by atoms with Crippen LogP contribution in [0.3, 0.4) is 0 Å². The van der Waals surface area contributed by atoms with E-state index in [1.807, 2.05) is 0 Å². The lowest BCUT2D eigenvalue weighted by molar-refractivity contribution is 1.37. The lowest BCUT2D eigenvalue weighted by atomic mass is 10.1. The molecule has 104 valence electrons. The smallest absolute Gasteiger partial charge is 0.116 e. The van der Waals surface area contributed by atoms with E-state index < -0.39 is 0 Å². The average molecular weight is 291 g/mol. The van der Waals surface area contributed by atoms with Gasteiger partial charge < -0.3 is 0 Å². The molecule has 0 aliphatic heterocycles. The Labute approximate surface area is 129 Å². The zero-order chi connectivity index (χ0) is 14.7. The molecule has 0 saturated carbocycles. The molecule has 0 bridgehead atoms. The molecule has 0 aliphatic rings. The fraction of sp³-hybridized carbons (Fsp3) is 0.105. The molecule has 1 nitrogen and oxygen atoms in total.